The van der Waals surface area contributed by atoms with Gasteiger partial charge in [-0.25, -0.2) is 4.79 Å². The first-order chi connectivity index (χ1) is 17.9. The van der Waals surface area contributed by atoms with Crippen LogP contribution in [-0.2, 0) is 0 Å². The number of nitrogens with zero attached hydrogens (tertiary/aromatic N) is 4. The van der Waals surface area contributed by atoms with E-state index in [2.05, 4.69) is 89.0 Å². The highest BCUT2D eigenvalue weighted by molar-refractivity contribution is 5.86. The zero-order valence-electron chi connectivity index (χ0n) is 22.5. The molecule has 37 heavy (non-hydrogen) atoms. The van der Waals surface area contributed by atoms with Gasteiger partial charge >= 0.3 is 6.09 Å². The molecule has 5 rings (SSSR count). The van der Waals surface area contributed by atoms with Crippen LogP contribution in [0.5, 0.6) is 0 Å². The summed E-state index contributed by atoms with van der Waals surface area (Å²) < 4.78 is 0. The molecule has 2 fully saturated rings. The summed E-state index contributed by atoms with van der Waals surface area (Å²) in [5.41, 5.74) is 5.93. The van der Waals surface area contributed by atoms with Gasteiger partial charge in [0.15, 0.2) is 0 Å². The molecule has 0 radical (unpaired) electrons. The number of H-pyrrole nitrogens is 1. The van der Waals surface area contributed by atoms with Gasteiger partial charge in [0.2, 0.25) is 0 Å². The summed E-state index contributed by atoms with van der Waals surface area (Å²) in [6, 6.07) is 18.1. The van der Waals surface area contributed by atoms with Gasteiger partial charge in [0.05, 0.1) is 0 Å². The molecule has 0 atom stereocenters. The van der Waals surface area contributed by atoms with Crippen molar-refractivity contribution in [1.82, 2.24) is 19.7 Å². The molecule has 0 aliphatic carbocycles. The SMILES string of the molecule is Cc1ccc2[nH]c(-c3cccc(N4CCC(N(CCN5CCN(C(C)C)CC5)C(=O)O)CC4)c3)cc2c1. The van der Waals surface area contributed by atoms with E-state index >= 15 is 0 Å². The number of hydrogen-bond donors (Lipinski definition) is 2. The van der Waals surface area contributed by atoms with Crippen LogP contribution in [0.1, 0.15) is 32.3 Å². The number of benzene rings is 2. The van der Waals surface area contributed by atoms with E-state index in [1.165, 1.54) is 22.2 Å². The molecule has 2 aliphatic heterocycles. The molecule has 1 aromatic heterocycles. The van der Waals surface area contributed by atoms with Crippen molar-refractivity contribution < 1.29 is 9.90 Å². The molecule has 3 aromatic rings. The monoisotopic (exact) mass is 503 g/mol. The Kier molecular flexibility index (Phi) is 7.72. The number of aryl methyl sites for hydroxylation is 1. The van der Waals surface area contributed by atoms with Gasteiger partial charge in [0.25, 0.3) is 0 Å². The number of amides is 1. The van der Waals surface area contributed by atoms with Crippen LogP contribution in [0.2, 0.25) is 0 Å². The molecule has 2 saturated heterocycles. The number of carboxylic acid groups (broad SMARTS) is 1. The maximum absolute atomic E-state index is 12.1. The third-order valence-corrected chi connectivity index (χ3v) is 8.24. The van der Waals surface area contributed by atoms with Crippen LogP contribution < -0.4 is 4.90 Å². The van der Waals surface area contributed by atoms with Crippen molar-refractivity contribution in [1.29, 1.82) is 0 Å². The van der Waals surface area contributed by atoms with Gasteiger partial charge in [-0.05, 0) is 69.5 Å². The predicted octanol–water partition coefficient (Wildman–Crippen LogP) is 5.12. The van der Waals surface area contributed by atoms with E-state index in [0.717, 1.165) is 69.9 Å². The van der Waals surface area contributed by atoms with Crippen LogP contribution in [0.4, 0.5) is 10.5 Å². The van der Waals surface area contributed by atoms with Crippen molar-refractivity contribution in [2.24, 2.45) is 0 Å². The van der Waals surface area contributed by atoms with Gasteiger partial charge in [-0.3, -0.25) is 9.80 Å². The minimum Gasteiger partial charge on any atom is -0.465 e. The second-order valence-corrected chi connectivity index (χ2v) is 11.0. The molecule has 0 unspecified atom stereocenters. The smallest absolute Gasteiger partial charge is 0.407 e. The summed E-state index contributed by atoms with van der Waals surface area (Å²) >= 11 is 0. The second-order valence-electron chi connectivity index (χ2n) is 11.0. The van der Waals surface area contributed by atoms with E-state index < -0.39 is 6.09 Å². The van der Waals surface area contributed by atoms with Crippen LogP contribution in [0.3, 0.4) is 0 Å². The molecule has 0 spiro atoms. The number of nitrogens with one attached hydrogen (secondary N) is 1. The number of aromatic amines is 1. The molecular weight excluding hydrogens is 462 g/mol. The lowest BCUT2D eigenvalue weighted by atomic mass is 10.0. The Morgan fingerprint density at radius 2 is 1.78 bits per heavy atom. The standard InChI is InChI=1S/C30H41N5O2/c1-22(2)33-16-13-32(14-17-33)15-18-35(30(36)37)26-9-11-34(12-10-26)27-6-4-5-24(20-27)29-21-25-19-23(3)7-8-28(25)31-29/h4-8,19-22,26,31H,9-18H2,1-3H3,(H,36,37). The van der Waals surface area contributed by atoms with E-state index in [9.17, 15) is 9.90 Å². The number of fused-ring (bicyclic) bond motifs is 1. The molecule has 1 amide bonds. The van der Waals surface area contributed by atoms with E-state index in [4.69, 9.17) is 0 Å². The lowest BCUT2D eigenvalue weighted by molar-refractivity contribution is 0.0816. The van der Waals surface area contributed by atoms with Crippen molar-refractivity contribution >= 4 is 22.7 Å². The van der Waals surface area contributed by atoms with Crippen LogP contribution >= 0.6 is 0 Å². The first-order valence-electron chi connectivity index (χ1n) is 13.8. The highest BCUT2D eigenvalue weighted by Gasteiger charge is 2.29. The number of aromatic nitrogens is 1. The van der Waals surface area contributed by atoms with Crippen LogP contribution in [-0.4, -0.2) is 95.3 Å². The van der Waals surface area contributed by atoms with E-state index in [1.807, 2.05) is 0 Å². The molecule has 0 saturated carbocycles. The van der Waals surface area contributed by atoms with Crippen LogP contribution in [0, 0.1) is 6.92 Å². The third kappa shape index (κ3) is 5.94. The van der Waals surface area contributed by atoms with Crippen LogP contribution in [0.15, 0.2) is 48.5 Å². The molecule has 7 nitrogen and oxygen atoms in total. The largest absolute Gasteiger partial charge is 0.465 e. The van der Waals surface area contributed by atoms with E-state index in [1.54, 1.807) is 4.90 Å². The lowest BCUT2D eigenvalue weighted by Crippen LogP contribution is -2.53. The molecule has 3 heterocycles. The molecule has 0 bridgehead atoms. The van der Waals surface area contributed by atoms with Gasteiger partial charge in [-0.15, -0.1) is 0 Å². The molecule has 198 valence electrons. The highest BCUT2D eigenvalue weighted by Crippen LogP contribution is 2.30. The summed E-state index contributed by atoms with van der Waals surface area (Å²) in [4.78, 5) is 24.7. The van der Waals surface area contributed by atoms with Gasteiger partial charge in [-0.2, -0.15) is 0 Å². The van der Waals surface area contributed by atoms with Crippen molar-refractivity contribution in [2.75, 3.05) is 57.3 Å². The Balaban J connectivity index is 1.18. The van der Waals surface area contributed by atoms with Crippen molar-refractivity contribution in [3.8, 4) is 11.3 Å². The van der Waals surface area contributed by atoms with Gasteiger partial charge in [-0.1, -0.05) is 23.8 Å². The minimum atomic E-state index is -0.782. The first kappa shape index (κ1) is 25.6. The van der Waals surface area contributed by atoms with Gasteiger partial charge < -0.3 is 19.9 Å². The Morgan fingerprint density at radius 1 is 1.03 bits per heavy atom. The minimum absolute atomic E-state index is 0.0887. The number of piperidine rings is 1. The number of rotatable bonds is 7. The fourth-order valence-electron chi connectivity index (χ4n) is 5.90. The Bertz CT molecular complexity index is 1210. The summed E-state index contributed by atoms with van der Waals surface area (Å²) in [6.07, 6.45) is 0.947. The molecule has 2 aromatic carbocycles. The normalized spacial score (nSPS) is 18.1. The first-order valence-corrected chi connectivity index (χ1v) is 13.8. The van der Waals surface area contributed by atoms with Crippen molar-refractivity contribution in [2.45, 2.75) is 45.7 Å². The molecule has 2 N–H and O–H groups in total. The second kappa shape index (κ2) is 11.2. The fraction of sp³-hybridized carbons (Fsp3) is 0.500. The quantitative estimate of drug-likeness (QED) is 0.469. The predicted molar refractivity (Wildman–Crippen MR) is 152 cm³/mol. The zero-order chi connectivity index (χ0) is 25.9. The number of carbonyl (C=O) groups is 1. The van der Waals surface area contributed by atoms with Crippen molar-refractivity contribution in [3.05, 3.63) is 54.1 Å². The lowest BCUT2D eigenvalue weighted by Gasteiger charge is -2.40. The van der Waals surface area contributed by atoms with Crippen LogP contribution in [0.25, 0.3) is 22.2 Å². The summed E-state index contributed by atoms with van der Waals surface area (Å²) in [5.74, 6) is 0. The molecule has 2 aliphatic rings. The highest BCUT2D eigenvalue weighted by atomic mass is 16.4. The zero-order valence-corrected chi connectivity index (χ0v) is 22.5. The number of anilines is 1. The summed E-state index contributed by atoms with van der Waals surface area (Å²) in [5, 5.41) is 11.2. The molecule has 7 heteroatoms. The van der Waals surface area contributed by atoms with Crippen molar-refractivity contribution in [3.63, 3.8) is 0 Å². The summed E-state index contributed by atoms with van der Waals surface area (Å²) in [7, 11) is 0. The van der Waals surface area contributed by atoms with Gasteiger partial charge in [0.1, 0.15) is 0 Å². The number of hydrogen-bond acceptors (Lipinski definition) is 4. The summed E-state index contributed by atoms with van der Waals surface area (Å²) in [6.45, 7) is 14.0. The fourth-order valence-corrected chi connectivity index (χ4v) is 5.90. The average Bonchev–Trinajstić information content (AvgIpc) is 3.33. The third-order valence-electron chi connectivity index (χ3n) is 8.24. The Morgan fingerprint density at radius 3 is 2.49 bits per heavy atom. The average molecular weight is 504 g/mol. The Hall–Kier alpha value is -3.03. The maximum Gasteiger partial charge on any atom is 0.407 e. The molecular formula is C30H41N5O2. The number of piperazine rings is 1. The topological polar surface area (TPSA) is 66.1 Å². The van der Waals surface area contributed by atoms with E-state index in [0.29, 0.717) is 12.6 Å². The Labute approximate surface area is 220 Å². The van der Waals surface area contributed by atoms with E-state index in [-0.39, 0.29) is 6.04 Å². The van der Waals surface area contributed by atoms with Gasteiger partial charge in [0, 0.05) is 86.7 Å². The maximum atomic E-state index is 12.1.